The average molecular weight is 270 g/mol. The molecular formula is C15H30N2S. The van der Waals surface area contributed by atoms with Crippen molar-refractivity contribution in [2.75, 3.05) is 11.5 Å². The Bertz CT molecular complexity index is 229. The fraction of sp³-hybridized carbons (Fsp3) is 1.00. The maximum absolute atomic E-state index is 5.88. The van der Waals surface area contributed by atoms with Crippen LogP contribution in [0.4, 0.5) is 0 Å². The molecule has 0 aromatic carbocycles. The molecule has 0 radical (unpaired) electrons. The van der Waals surface area contributed by atoms with E-state index in [-0.39, 0.29) is 0 Å². The van der Waals surface area contributed by atoms with E-state index in [1.165, 1.54) is 62.9 Å². The van der Waals surface area contributed by atoms with Gasteiger partial charge in [-0.2, -0.15) is 11.8 Å². The van der Waals surface area contributed by atoms with Gasteiger partial charge in [-0.15, -0.1) is 0 Å². The third-order valence-electron chi connectivity index (χ3n) is 5.15. The standard InChI is InChI=1S/C15H30N2S/c1-2-13-5-3-4-6-14(13)15(17-16)11-12-7-9-18-10-8-12/h12-15,17H,2-11,16H2,1H3. The van der Waals surface area contributed by atoms with Crippen LogP contribution >= 0.6 is 11.8 Å². The minimum Gasteiger partial charge on any atom is -0.271 e. The van der Waals surface area contributed by atoms with Gasteiger partial charge in [0.2, 0.25) is 0 Å². The quantitative estimate of drug-likeness (QED) is 0.592. The summed E-state index contributed by atoms with van der Waals surface area (Å²) in [6.45, 7) is 2.35. The van der Waals surface area contributed by atoms with Crippen LogP contribution in [0.2, 0.25) is 0 Å². The van der Waals surface area contributed by atoms with Crippen LogP contribution in [-0.4, -0.2) is 17.5 Å². The maximum atomic E-state index is 5.88. The van der Waals surface area contributed by atoms with Gasteiger partial charge in [0.1, 0.15) is 0 Å². The summed E-state index contributed by atoms with van der Waals surface area (Å²) in [5.41, 5.74) is 3.18. The fourth-order valence-corrected chi connectivity index (χ4v) is 5.18. The van der Waals surface area contributed by atoms with Crippen LogP contribution < -0.4 is 11.3 Å². The predicted octanol–water partition coefficient (Wildman–Crippen LogP) is 3.57. The summed E-state index contributed by atoms with van der Waals surface area (Å²) in [6, 6.07) is 0.573. The van der Waals surface area contributed by atoms with Gasteiger partial charge >= 0.3 is 0 Å². The van der Waals surface area contributed by atoms with Gasteiger partial charge in [0.05, 0.1) is 0 Å². The molecule has 2 aliphatic rings. The Labute approximate surface area is 117 Å². The number of thioether (sulfide) groups is 1. The smallest absolute Gasteiger partial charge is 0.0244 e. The van der Waals surface area contributed by atoms with E-state index in [0.29, 0.717) is 6.04 Å². The normalized spacial score (nSPS) is 32.3. The van der Waals surface area contributed by atoms with Crippen molar-refractivity contribution in [3.63, 3.8) is 0 Å². The molecule has 0 aromatic heterocycles. The highest BCUT2D eigenvalue weighted by Crippen LogP contribution is 2.37. The van der Waals surface area contributed by atoms with Crippen LogP contribution in [0, 0.1) is 17.8 Å². The Morgan fingerprint density at radius 2 is 1.89 bits per heavy atom. The lowest BCUT2D eigenvalue weighted by molar-refractivity contribution is 0.155. The number of hydrazine groups is 1. The molecule has 2 fully saturated rings. The van der Waals surface area contributed by atoms with Crippen molar-refractivity contribution in [3.8, 4) is 0 Å². The van der Waals surface area contributed by atoms with E-state index in [0.717, 1.165) is 17.8 Å². The van der Waals surface area contributed by atoms with Gasteiger partial charge in [0, 0.05) is 6.04 Å². The zero-order chi connectivity index (χ0) is 12.8. The SMILES string of the molecule is CCC1CCCCC1C(CC1CCSCC1)NN. The Morgan fingerprint density at radius 1 is 1.17 bits per heavy atom. The minimum atomic E-state index is 0.573. The second kappa shape index (κ2) is 7.76. The second-order valence-electron chi connectivity index (χ2n) is 6.18. The molecule has 3 N–H and O–H groups in total. The highest BCUT2D eigenvalue weighted by atomic mass is 32.2. The van der Waals surface area contributed by atoms with Crippen molar-refractivity contribution in [2.45, 2.75) is 64.3 Å². The van der Waals surface area contributed by atoms with Crippen LogP contribution in [0.3, 0.4) is 0 Å². The van der Waals surface area contributed by atoms with E-state index in [4.69, 9.17) is 5.84 Å². The van der Waals surface area contributed by atoms with Gasteiger partial charge in [-0.3, -0.25) is 11.3 Å². The third kappa shape index (κ3) is 3.88. The van der Waals surface area contributed by atoms with E-state index >= 15 is 0 Å². The summed E-state index contributed by atoms with van der Waals surface area (Å²) >= 11 is 2.12. The lowest BCUT2D eigenvalue weighted by atomic mass is 9.72. The molecule has 0 bridgehead atoms. The van der Waals surface area contributed by atoms with Crippen molar-refractivity contribution < 1.29 is 0 Å². The summed E-state index contributed by atoms with van der Waals surface area (Å²) in [5, 5.41) is 0. The Kier molecular flexibility index (Phi) is 6.33. The first-order chi connectivity index (χ1) is 8.85. The van der Waals surface area contributed by atoms with Gasteiger partial charge in [0.25, 0.3) is 0 Å². The molecule has 0 spiro atoms. The first-order valence-corrected chi connectivity index (χ1v) is 9.04. The molecule has 18 heavy (non-hydrogen) atoms. The summed E-state index contributed by atoms with van der Waals surface area (Å²) in [4.78, 5) is 0. The number of hydrogen-bond donors (Lipinski definition) is 2. The third-order valence-corrected chi connectivity index (χ3v) is 6.20. The van der Waals surface area contributed by atoms with E-state index < -0.39 is 0 Å². The highest BCUT2D eigenvalue weighted by Gasteiger charge is 2.31. The first-order valence-electron chi connectivity index (χ1n) is 7.89. The molecule has 106 valence electrons. The topological polar surface area (TPSA) is 38.0 Å². The summed E-state index contributed by atoms with van der Waals surface area (Å²) < 4.78 is 0. The molecule has 3 heteroatoms. The largest absolute Gasteiger partial charge is 0.271 e. The summed E-state index contributed by atoms with van der Waals surface area (Å²) in [5.74, 6) is 11.3. The minimum absolute atomic E-state index is 0.573. The lowest BCUT2D eigenvalue weighted by Gasteiger charge is -2.38. The predicted molar refractivity (Wildman–Crippen MR) is 81.5 cm³/mol. The lowest BCUT2D eigenvalue weighted by Crippen LogP contribution is -2.46. The average Bonchev–Trinajstić information content (AvgIpc) is 2.46. The van der Waals surface area contributed by atoms with E-state index in [1.807, 2.05) is 0 Å². The van der Waals surface area contributed by atoms with E-state index in [9.17, 15) is 0 Å². The molecular weight excluding hydrogens is 240 g/mol. The first kappa shape index (κ1) is 14.7. The van der Waals surface area contributed by atoms with Crippen molar-refractivity contribution in [2.24, 2.45) is 23.6 Å². The Balaban J connectivity index is 1.89. The van der Waals surface area contributed by atoms with Crippen molar-refractivity contribution in [1.29, 1.82) is 0 Å². The van der Waals surface area contributed by atoms with E-state index in [2.05, 4.69) is 24.1 Å². The zero-order valence-electron chi connectivity index (χ0n) is 11.9. The van der Waals surface area contributed by atoms with Crippen molar-refractivity contribution >= 4 is 11.8 Å². The van der Waals surface area contributed by atoms with E-state index in [1.54, 1.807) is 0 Å². The Hall–Kier alpha value is 0.270. The molecule has 2 rings (SSSR count). The zero-order valence-corrected chi connectivity index (χ0v) is 12.7. The molecule has 0 aromatic rings. The second-order valence-corrected chi connectivity index (χ2v) is 7.41. The fourth-order valence-electron chi connectivity index (χ4n) is 3.98. The number of nitrogens with two attached hydrogens (primary N) is 1. The van der Waals surface area contributed by atoms with Crippen molar-refractivity contribution in [1.82, 2.24) is 5.43 Å². The van der Waals surface area contributed by atoms with Gasteiger partial charge in [0.15, 0.2) is 0 Å². The van der Waals surface area contributed by atoms with Gasteiger partial charge in [-0.25, -0.2) is 0 Å². The van der Waals surface area contributed by atoms with Crippen LogP contribution in [0.25, 0.3) is 0 Å². The maximum Gasteiger partial charge on any atom is 0.0244 e. The molecule has 1 saturated heterocycles. The van der Waals surface area contributed by atoms with Crippen LogP contribution in [0.5, 0.6) is 0 Å². The molecule has 2 nitrogen and oxygen atoms in total. The number of rotatable bonds is 5. The Morgan fingerprint density at radius 3 is 2.56 bits per heavy atom. The van der Waals surface area contributed by atoms with Crippen LogP contribution in [0.15, 0.2) is 0 Å². The van der Waals surface area contributed by atoms with Gasteiger partial charge in [-0.1, -0.05) is 32.6 Å². The molecule has 1 heterocycles. The highest BCUT2D eigenvalue weighted by molar-refractivity contribution is 7.99. The van der Waals surface area contributed by atoms with Gasteiger partial charge in [-0.05, 0) is 54.9 Å². The number of hydrogen-bond acceptors (Lipinski definition) is 3. The van der Waals surface area contributed by atoms with Crippen LogP contribution in [0.1, 0.15) is 58.3 Å². The molecule has 1 aliphatic heterocycles. The molecule has 1 aliphatic carbocycles. The van der Waals surface area contributed by atoms with Crippen LogP contribution in [-0.2, 0) is 0 Å². The monoisotopic (exact) mass is 270 g/mol. The summed E-state index contributed by atoms with van der Waals surface area (Å²) in [6.07, 6.45) is 11.2. The van der Waals surface area contributed by atoms with Crippen molar-refractivity contribution in [3.05, 3.63) is 0 Å². The molecule has 0 amide bonds. The molecule has 3 atom stereocenters. The molecule has 1 saturated carbocycles. The molecule has 3 unspecified atom stereocenters. The number of nitrogens with one attached hydrogen (secondary N) is 1. The summed E-state index contributed by atoms with van der Waals surface area (Å²) in [7, 11) is 0. The van der Waals surface area contributed by atoms with Gasteiger partial charge < -0.3 is 0 Å².